The molecule has 0 radical (unpaired) electrons. The van der Waals surface area contributed by atoms with Gasteiger partial charge in [-0.05, 0) is 48.9 Å². The lowest BCUT2D eigenvalue weighted by Crippen LogP contribution is -2.39. The van der Waals surface area contributed by atoms with Gasteiger partial charge in [0.2, 0.25) is 0 Å². The number of nitrogen functional groups attached to an aromatic ring is 1. The Balaban J connectivity index is 1.45. The van der Waals surface area contributed by atoms with Crippen LogP contribution in [0.25, 0.3) is 0 Å². The van der Waals surface area contributed by atoms with Crippen LogP contribution in [0.4, 0.5) is 17.1 Å². The lowest BCUT2D eigenvalue weighted by atomic mass is 9.82. The molecule has 1 aliphatic rings. The summed E-state index contributed by atoms with van der Waals surface area (Å²) in [6, 6.07) is 11.5. The van der Waals surface area contributed by atoms with E-state index in [2.05, 4.69) is 20.9 Å². The van der Waals surface area contributed by atoms with Gasteiger partial charge in [-0.3, -0.25) is 14.3 Å². The van der Waals surface area contributed by atoms with Crippen LogP contribution >= 0.6 is 0 Å². The molecule has 2 amide bonds. The number of rotatable bonds is 9. The van der Waals surface area contributed by atoms with Crippen LogP contribution in [0.15, 0.2) is 60.8 Å². The first-order valence-corrected chi connectivity index (χ1v) is 11.3. The minimum absolute atomic E-state index is 0.0189. The number of nitrogens with one attached hydrogen (secondary N) is 2. The number of aliphatic hydroxyl groups is 2. The highest BCUT2D eigenvalue weighted by atomic mass is 16.3. The first-order valence-electron chi connectivity index (χ1n) is 11.3. The molecule has 3 aromatic rings. The number of benzene rings is 2. The van der Waals surface area contributed by atoms with E-state index in [1.807, 2.05) is 6.08 Å². The number of amides is 2. The van der Waals surface area contributed by atoms with Gasteiger partial charge in [-0.2, -0.15) is 0 Å². The molecule has 2 heterocycles. The number of nitrogens with zero attached hydrogens (tertiary/aromatic N) is 3. The summed E-state index contributed by atoms with van der Waals surface area (Å²) in [6.07, 6.45) is 6.53. The topological polar surface area (TPSA) is 155 Å². The Morgan fingerprint density at radius 2 is 2.06 bits per heavy atom. The Morgan fingerprint density at radius 3 is 2.80 bits per heavy atom. The van der Waals surface area contributed by atoms with Gasteiger partial charge in [-0.25, -0.2) is 0 Å². The van der Waals surface area contributed by atoms with E-state index in [9.17, 15) is 14.7 Å². The average molecular weight is 477 g/mol. The first-order chi connectivity index (χ1) is 16.8. The van der Waals surface area contributed by atoms with Gasteiger partial charge >= 0.3 is 0 Å². The summed E-state index contributed by atoms with van der Waals surface area (Å²) in [6.45, 7) is 2.36. The lowest BCUT2D eigenvalue weighted by molar-refractivity contribution is -0.137. The van der Waals surface area contributed by atoms with Crippen molar-refractivity contribution < 1.29 is 19.8 Å². The number of fused-ring (bicyclic) bond motifs is 1. The minimum atomic E-state index is -1.78. The van der Waals surface area contributed by atoms with Crippen LogP contribution in [0.5, 0.6) is 0 Å². The molecule has 1 aliphatic heterocycles. The van der Waals surface area contributed by atoms with E-state index in [1.165, 1.54) is 0 Å². The molecule has 182 valence electrons. The largest absolute Gasteiger partial charge is 0.399 e. The van der Waals surface area contributed by atoms with Crippen LogP contribution in [0, 0.1) is 5.92 Å². The number of nitrogens with two attached hydrogens (primary N) is 1. The van der Waals surface area contributed by atoms with Gasteiger partial charge in [0.1, 0.15) is 0 Å². The molecule has 6 N–H and O–H groups in total. The average Bonchev–Trinajstić information content (AvgIpc) is 3.39. The predicted molar refractivity (Wildman–Crippen MR) is 132 cm³/mol. The number of aromatic nitrogens is 3. The maximum absolute atomic E-state index is 12.8. The fourth-order valence-electron chi connectivity index (χ4n) is 4.00. The smallest absolute Gasteiger partial charge is 0.261 e. The third-order valence-electron chi connectivity index (χ3n) is 6.02. The Kier molecular flexibility index (Phi) is 6.94. The molecule has 10 nitrogen and oxygen atoms in total. The summed E-state index contributed by atoms with van der Waals surface area (Å²) in [7, 11) is 0. The summed E-state index contributed by atoms with van der Waals surface area (Å²) in [5.74, 6) is -1.38. The van der Waals surface area contributed by atoms with Crippen LogP contribution in [0.1, 0.15) is 35.0 Å². The zero-order valence-electron chi connectivity index (χ0n) is 19.3. The van der Waals surface area contributed by atoms with Gasteiger partial charge in [0.15, 0.2) is 5.60 Å². The number of carbonyl (C=O) groups excluding carboxylic acids is 2. The maximum Gasteiger partial charge on any atom is 0.261 e. The third kappa shape index (κ3) is 5.08. The van der Waals surface area contributed by atoms with Crippen LogP contribution in [-0.4, -0.2) is 43.6 Å². The third-order valence-corrected chi connectivity index (χ3v) is 6.02. The summed E-state index contributed by atoms with van der Waals surface area (Å²) >= 11 is 0. The van der Waals surface area contributed by atoms with Gasteiger partial charge in [-0.1, -0.05) is 24.3 Å². The predicted octanol–water partition coefficient (Wildman–Crippen LogP) is 2.07. The number of aryl methyl sites for hydroxylation is 1. The second-order valence-corrected chi connectivity index (χ2v) is 8.51. The molecule has 0 fully saturated rings. The Bertz CT molecular complexity index is 1250. The summed E-state index contributed by atoms with van der Waals surface area (Å²) in [5.41, 5.74) is 6.98. The zero-order chi connectivity index (χ0) is 25.0. The molecule has 35 heavy (non-hydrogen) atoms. The summed E-state index contributed by atoms with van der Waals surface area (Å²) in [5, 5.41) is 33.9. The maximum atomic E-state index is 12.8. The van der Waals surface area contributed by atoms with Gasteiger partial charge in [0, 0.05) is 59.9 Å². The van der Waals surface area contributed by atoms with E-state index in [1.54, 1.807) is 66.3 Å². The standard InChI is InChI=1S/C25H28N6O4/c1-16(4-2-3-12-31-15-20(11-13-32)29-30-31)25(35)21-14-19(9-10-22(21)28-24(25)34)27-23(33)17-5-7-18(26)8-6-17/h2,4-10,14-16,32,35H,3,11-13,26H2,1H3,(H,27,33)(H,28,34)/b4-2+/t16-,25+/m1/s1. The van der Waals surface area contributed by atoms with Crippen LogP contribution < -0.4 is 16.4 Å². The molecule has 0 saturated heterocycles. The first kappa shape index (κ1) is 24.1. The van der Waals surface area contributed by atoms with Crippen molar-refractivity contribution in [2.45, 2.75) is 31.9 Å². The highest BCUT2D eigenvalue weighted by Gasteiger charge is 2.48. The normalized spacial score (nSPS) is 17.9. The molecule has 0 spiro atoms. The Labute approximate surface area is 202 Å². The van der Waals surface area contributed by atoms with E-state index in [0.29, 0.717) is 47.6 Å². The number of anilines is 3. The summed E-state index contributed by atoms with van der Waals surface area (Å²) < 4.78 is 1.68. The number of hydrogen-bond acceptors (Lipinski definition) is 7. The molecule has 10 heteroatoms. The highest BCUT2D eigenvalue weighted by Crippen LogP contribution is 2.42. The molecule has 0 aliphatic carbocycles. The van der Waals surface area contributed by atoms with Crippen molar-refractivity contribution in [3.63, 3.8) is 0 Å². The molecule has 0 unspecified atom stereocenters. The lowest BCUT2D eigenvalue weighted by Gasteiger charge is -2.26. The van der Waals surface area contributed by atoms with Gasteiger partial charge in [0.05, 0.1) is 5.69 Å². The number of hydrogen-bond donors (Lipinski definition) is 5. The number of allylic oxidation sites excluding steroid dienone is 1. The second kappa shape index (κ2) is 10.1. The monoisotopic (exact) mass is 476 g/mol. The molecular formula is C25H28N6O4. The molecular weight excluding hydrogens is 448 g/mol. The molecule has 4 rings (SSSR count). The molecule has 2 aromatic carbocycles. The van der Waals surface area contributed by atoms with Gasteiger partial charge < -0.3 is 26.6 Å². The number of carbonyl (C=O) groups is 2. The fraction of sp³-hybridized carbons (Fsp3) is 0.280. The SMILES string of the molecule is C[C@H](/C=C/CCn1cc(CCO)nn1)[C@@]1(O)C(=O)Nc2ccc(NC(=O)c3ccc(N)cc3)cc21. The molecule has 1 aromatic heterocycles. The molecule has 0 saturated carbocycles. The van der Waals surface area contributed by atoms with Crippen molar-refractivity contribution in [1.29, 1.82) is 0 Å². The highest BCUT2D eigenvalue weighted by molar-refractivity contribution is 6.07. The van der Waals surface area contributed by atoms with E-state index in [-0.39, 0.29) is 12.5 Å². The zero-order valence-corrected chi connectivity index (χ0v) is 19.3. The van der Waals surface area contributed by atoms with Crippen LogP contribution in [0.3, 0.4) is 0 Å². The van der Waals surface area contributed by atoms with E-state index >= 15 is 0 Å². The Hall–Kier alpha value is -4.02. The van der Waals surface area contributed by atoms with Crippen molar-refractivity contribution in [2.75, 3.05) is 23.0 Å². The quantitative estimate of drug-likeness (QED) is 0.234. The Morgan fingerprint density at radius 1 is 1.29 bits per heavy atom. The number of aliphatic hydroxyl groups excluding tert-OH is 1. The summed E-state index contributed by atoms with van der Waals surface area (Å²) in [4.78, 5) is 25.3. The van der Waals surface area contributed by atoms with Gasteiger partial charge in [0.25, 0.3) is 11.8 Å². The van der Waals surface area contributed by atoms with E-state index in [4.69, 9.17) is 10.8 Å². The van der Waals surface area contributed by atoms with Crippen molar-refractivity contribution in [1.82, 2.24) is 15.0 Å². The second-order valence-electron chi connectivity index (χ2n) is 8.51. The van der Waals surface area contributed by atoms with Crippen LogP contribution in [0.2, 0.25) is 0 Å². The van der Waals surface area contributed by atoms with E-state index in [0.717, 1.165) is 5.69 Å². The van der Waals surface area contributed by atoms with Crippen LogP contribution in [-0.2, 0) is 23.4 Å². The van der Waals surface area contributed by atoms with Gasteiger partial charge in [-0.15, -0.1) is 5.10 Å². The van der Waals surface area contributed by atoms with Crippen molar-refractivity contribution in [2.24, 2.45) is 5.92 Å². The van der Waals surface area contributed by atoms with Crippen molar-refractivity contribution in [3.8, 4) is 0 Å². The van der Waals surface area contributed by atoms with Crippen molar-refractivity contribution >= 4 is 28.9 Å². The molecule has 0 bridgehead atoms. The van der Waals surface area contributed by atoms with E-state index < -0.39 is 17.4 Å². The van der Waals surface area contributed by atoms with Crippen molar-refractivity contribution in [3.05, 3.63) is 77.6 Å². The minimum Gasteiger partial charge on any atom is -0.399 e. The fourth-order valence-corrected chi connectivity index (χ4v) is 4.00. The molecule has 2 atom stereocenters.